The van der Waals surface area contributed by atoms with Crippen LogP contribution in [0.4, 0.5) is 0 Å². The Hall–Kier alpha value is -1.99. The average Bonchev–Trinajstić information content (AvgIpc) is 3.12. The van der Waals surface area contributed by atoms with E-state index in [9.17, 15) is 4.79 Å². The predicted molar refractivity (Wildman–Crippen MR) is 102 cm³/mol. The van der Waals surface area contributed by atoms with Crippen LogP contribution in [0.5, 0.6) is 0 Å². The van der Waals surface area contributed by atoms with Crippen LogP contribution in [-0.4, -0.2) is 76.6 Å². The first-order valence-electron chi connectivity index (χ1n) is 10.2. The number of ether oxygens (including phenoxy) is 1. The van der Waals surface area contributed by atoms with Crippen molar-refractivity contribution in [1.29, 1.82) is 0 Å². The van der Waals surface area contributed by atoms with Gasteiger partial charge in [0.2, 0.25) is 6.41 Å². The van der Waals surface area contributed by atoms with E-state index in [0.717, 1.165) is 88.5 Å². The third-order valence-corrected chi connectivity index (χ3v) is 6.61. The lowest BCUT2D eigenvalue weighted by Crippen LogP contribution is -2.51. The molecule has 5 heterocycles. The van der Waals surface area contributed by atoms with Crippen LogP contribution in [-0.2, 0) is 9.53 Å². The Bertz CT molecular complexity index is 802. The van der Waals surface area contributed by atoms with E-state index in [-0.39, 0.29) is 0 Å². The SMILES string of the molecule is O=CN1CCC(c2ccnc3nc(C4CCN(C5COC5)CC4)[nH]c23)CC1. The molecule has 0 unspecified atom stereocenters. The Balaban J connectivity index is 1.33. The van der Waals surface area contributed by atoms with Gasteiger partial charge in [-0.05, 0) is 56.3 Å². The molecule has 0 aromatic carbocycles. The van der Waals surface area contributed by atoms with Crippen LogP contribution in [0.25, 0.3) is 11.2 Å². The fourth-order valence-electron chi connectivity index (χ4n) is 4.77. The molecule has 2 aromatic rings. The second kappa shape index (κ2) is 7.20. The van der Waals surface area contributed by atoms with E-state index in [0.29, 0.717) is 17.9 Å². The van der Waals surface area contributed by atoms with Crippen LogP contribution in [0.3, 0.4) is 0 Å². The molecule has 7 nitrogen and oxygen atoms in total. The molecule has 0 bridgehead atoms. The van der Waals surface area contributed by atoms with Gasteiger partial charge in [-0.1, -0.05) is 0 Å². The fourth-order valence-corrected chi connectivity index (χ4v) is 4.77. The van der Waals surface area contributed by atoms with Crippen molar-refractivity contribution in [3.63, 3.8) is 0 Å². The first-order valence-corrected chi connectivity index (χ1v) is 10.2. The Morgan fingerprint density at radius 2 is 1.81 bits per heavy atom. The number of piperidine rings is 2. The normalized spacial score (nSPS) is 23.6. The maximum atomic E-state index is 11.0. The highest BCUT2D eigenvalue weighted by molar-refractivity contribution is 5.75. The molecule has 2 aromatic heterocycles. The number of pyridine rings is 1. The number of hydrogen-bond acceptors (Lipinski definition) is 5. The van der Waals surface area contributed by atoms with Crippen LogP contribution < -0.4 is 0 Å². The minimum absolute atomic E-state index is 0.473. The number of nitrogens with zero attached hydrogens (tertiary/aromatic N) is 4. The summed E-state index contributed by atoms with van der Waals surface area (Å²) in [5.41, 5.74) is 3.26. The standard InChI is InChI=1S/C20H27N5O2/c26-13-24-7-2-14(3-8-24)17-1-6-21-20-18(17)22-19(23-20)15-4-9-25(10-5-15)16-11-27-12-16/h1,6,13-16H,2-5,7-12H2,(H,21,22,23). The summed E-state index contributed by atoms with van der Waals surface area (Å²) in [5.74, 6) is 2.06. The second-order valence-electron chi connectivity index (χ2n) is 8.14. The Morgan fingerprint density at radius 3 is 2.48 bits per heavy atom. The number of likely N-dealkylation sites (tertiary alicyclic amines) is 2. The first-order chi connectivity index (χ1) is 13.3. The van der Waals surface area contributed by atoms with E-state index in [1.807, 2.05) is 11.1 Å². The van der Waals surface area contributed by atoms with Gasteiger partial charge in [0.25, 0.3) is 0 Å². The number of aromatic nitrogens is 3. The van der Waals surface area contributed by atoms with Crippen molar-refractivity contribution in [2.45, 2.75) is 43.6 Å². The summed E-state index contributed by atoms with van der Waals surface area (Å²) in [6.45, 7) is 5.71. The van der Waals surface area contributed by atoms with Crippen LogP contribution in [0, 0.1) is 0 Å². The lowest BCUT2D eigenvalue weighted by atomic mass is 9.89. The molecular weight excluding hydrogens is 342 g/mol. The molecule has 1 amide bonds. The number of carbonyl (C=O) groups excluding carboxylic acids is 1. The second-order valence-corrected chi connectivity index (χ2v) is 8.14. The number of H-pyrrole nitrogens is 1. The Kier molecular flexibility index (Phi) is 4.57. The quantitative estimate of drug-likeness (QED) is 0.833. The van der Waals surface area contributed by atoms with Crippen molar-refractivity contribution in [3.05, 3.63) is 23.7 Å². The van der Waals surface area contributed by atoms with Crippen LogP contribution in [0.2, 0.25) is 0 Å². The minimum atomic E-state index is 0.473. The topological polar surface area (TPSA) is 74.3 Å². The highest BCUT2D eigenvalue weighted by atomic mass is 16.5. The van der Waals surface area contributed by atoms with Gasteiger partial charge in [-0.3, -0.25) is 9.69 Å². The summed E-state index contributed by atoms with van der Waals surface area (Å²) in [4.78, 5) is 28.4. The summed E-state index contributed by atoms with van der Waals surface area (Å²) in [7, 11) is 0. The van der Waals surface area contributed by atoms with Gasteiger partial charge in [-0.2, -0.15) is 0 Å². The van der Waals surface area contributed by atoms with Crippen molar-refractivity contribution in [2.75, 3.05) is 39.4 Å². The zero-order valence-corrected chi connectivity index (χ0v) is 15.6. The lowest BCUT2D eigenvalue weighted by Gasteiger charge is -2.41. The van der Waals surface area contributed by atoms with Crippen molar-refractivity contribution in [2.24, 2.45) is 0 Å². The number of aromatic amines is 1. The molecule has 3 aliphatic heterocycles. The molecule has 5 rings (SSSR count). The predicted octanol–water partition coefficient (Wildman–Crippen LogP) is 1.87. The molecule has 27 heavy (non-hydrogen) atoms. The molecule has 3 saturated heterocycles. The number of amides is 1. The monoisotopic (exact) mass is 369 g/mol. The number of imidazole rings is 1. The van der Waals surface area contributed by atoms with Crippen LogP contribution in [0.15, 0.2) is 12.3 Å². The van der Waals surface area contributed by atoms with Crippen LogP contribution >= 0.6 is 0 Å². The van der Waals surface area contributed by atoms with E-state index in [2.05, 4.69) is 20.9 Å². The van der Waals surface area contributed by atoms with E-state index < -0.39 is 0 Å². The molecule has 3 aliphatic rings. The van der Waals surface area contributed by atoms with Gasteiger partial charge in [0.15, 0.2) is 5.65 Å². The molecule has 0 saturated carbocycles. The summed E-state index contributed by atoms with van der Waals surface area (Å²) in [5, 5.41) is 0. The highest BCUT2D eigenvalue weighted by Gasteiger charge is 2.31. The minimum Gasteiger partial charge on any atom is -0.378 e. The summed E-state index contributed by atoms with van der Waals surface area (Å²) in [6.07, 6.45) is 7.15. The molecule has 0 atom stereocenters. The molecule has 3 fully saturated rings. The third kappa shape index (κ3) is 3.23. The fraction of sp³-hybridized carbons (Fsp3) is 0.650. The van der Waals surface area contributed by atoms with Crippen LogP contribution in [0.1, 0.15) is 48.9 Å². The maximum Gasteiger partial charge on any atom is 0.209 e. The lowest BCUT2D eigenvalue weighted by molar-refractivity contribution is -0.119. The van der Waals surface area contributed by atoms with Crippen molar-refractivity contribution >= 4 is 17.6 Å². The van der Waals surface area contributed by atoms with E-state index >= 15 is 0 Å². The summed E-state index contributed by atoms with van der Waals surface area (Å²) >= 11 is 0. The van der Waals surface area contributed by atoms with Gasteiger partial charge in [-0.25, -0.2) is 9.97 Å². The summed E-state index contributed by atoms with van der Waals surface area (Å²) in [6, 6.07) is 2.76. The highest BCUT2D eigenvalue weighted by Crippen LogP contribution is 2.34. The zero-order valence-electron chi connectivity index (χ0n) is 15.6. The Labute approximate surface area is 159 Å². The van der Waals surface area contributed by atoms with Gasteiger partial charge < -0.3 is 14.6 Å². The Morgan fingerprint density at radius 1 is 1.07 bits per heavy atom. The molecule has 1 N–H and O–H groups in total. The average molecular weight is 369 g/mol. The number of hydrogen-bond donors (Lipinski definition) is 1. The van der Waals surface area contributed by atoms with Gasteiger partial charge in [0.1, 0.15) is 5.82 Å². The number of nitrogens with one attached hydrogen (secondary N) is 1. The van der Waals surface area contributed by atoms with Gasteiger partial charge >= 0.3 is 0 Å². The summed E-state index contributed by atoms with van der Waals surface area (Å²) < 4.78 is 5.33. The third-order valence-electron chi connectivity index (χ3n) is 6.61. The molecule has 144 valence electrons. The number of rotatable bonds is 4. The first kappa shape index (κ1) is 17.1. The van der Waals surface area contributed by atoms with Crippen molar-refractivity contribution in [3.8, 4) is 0 Å². The van der Waals surface area contributed by atoms with Gasteiger partial charge in [0, 0.05) is 25.2 Å². The van der Waals surface area contributed by atoms with Gasteiger partial charge in [-0.15, -0.1) is 0 Å². The van der Waals surface area contributed by atoms with Crippen molar-refractivity contribution in [1.82, 2.24) is 24.8 Å². The smallest absolute Gasteiger partial charge is 0.209 e. The van der Waals surface area contributed by atoms with Gasteiger partial charge in [0.05, 0.1) is 24.8 Å². The number of fused-ring (bicyclic) bond motifs is 1. The molecule has 7 heteroatoms. The maximum absolute atomic E-state index is 11.0. The molecule has 0 aliphatic carbocycles. The number of carbonyl (C=O) groups is 1. The van der Waals surface area contributed by atoms with E-state index in [4.69, 9.17) is 9.72 Å². The zero-order chi connectivity index (χ0) is 18.2. The van der Waals surface area contributed by atoms with Crippen molar-refractivity contribution < 1.29 is 9.53 Å². The molecule has 0 radical (unpaired) electrons. The van der Waals surface area contributed by atoms with E-state index in [1.165, 1.54) is 5.56 Å². The largest absolute Gasteiger partial charge is 0.378 e. The molecular formula is C20H27N5O2. The van der Waals surface area contributed by atoms with E-state index in [1.54, 1.807) is 0 Å². The molecule has 0 spiro atoms.